The van der Waals surface area contributed by atoms with Gasteiger partial charge in [-0.25, -0.2) is 4.39 Å². The minimum Gasteiger partial charge on any atom is -0.297 e. The van der Waals surface area contributed by atoms with Gasteiger partial charge in [0.15, 0.2) is 0 Å². The fraction of sp³-hybridized carbons (Fsp3) is 0.346. The Morgan fingerprint density at radius 2 is 1.33 bits per heavy atom. The zero-order valence-electron chi connectivity index (χ0n) is 18.2. The topological polar surface area (TPSA) is 19.4 Å². The molecule has 1 aliphatic rings. The second-order valence-electron chi connectivity index (χ2n) is 8.46. The van der Waals surface area contributed by atoms with Gasteiger partial charge in [-0.3, -0.25) is 14.8 Å². The summed E-state index contributed by atoms with van der Waals surface area (Å²) >= 11 is 0. The molecule has 0 bridgehead atoms. The van der Waals surface area contributed by atoms with Gasteiger partial charge in [0.2, 0.25) is 0 Å². The van der Waals surface area contributed by atoms with Crippen LogP contribution < -0.4 is 0 Å². The Balaban J connectivity index is 1.36. The Morgan fingerprint density at radius 3 is 1.93 bits per heavy atom. The van der Waals surface area contributed by atoms with Crippen molar-refractivity contribution < 1.29 is 4.39 Å². The summed E-state index contributed by atoms with van der Waals surface area (Å²) in [6, 6.07) is 15.7. The van der Waals surface area contributed by atoms with Gasteiger partial charge < -0.3 is 0 Å². The van der Waals surface area contributed by atoms with Crippen LogP contribution in [0.15, 0.2) is 54.7 Å². The van der Waals surface area contributed by atoms with Crippen molar-refractivity contribution in [2.45, 2.75) is 33.9 Å². The van der Waals surface area contributed by atoms with Crippen LogP contribution >= 0.6 is 0 Å². The lowest BCUT2D eigenvalue weighted by atomic mass is 9.98. The molecule has 4 rings (SSSR count). The molecule has 30 heavy (non-hydrogen) atoms. The molecule has 1 saturated heterocycles. The molecule has 1 aliphatic heterocycles. The number of nitrogens with zero attached hydrogens (tertiary/aromatic N) is 3. The summed E-state index contributed by atoms with van der Waals surface area (Å²) < 4.78 is 13.1. The third-order valence-corrected chi connectivity index (χ3v) is 6.24. The predicted octanol–water partition coefficient (Wildman–Crippen LogP) is 5.13. The van der Waals surface area contributed by atoms with Gasteiger partial charge in [-0.1, -0.05) is 12.1 Å². The first-order chi connectivity index (χ1) is 14.5. The molecular formula is C26H30FN3. The molecule has 1 fully saturated rings. The molecule has 0 N–H and O–H groups in total. The smallest absolute Gasteiger partial charge is 0.123 e. The zero-order valence-corrected chi connectivity index (χ0v) is 18.2. The largest absolute Gasteiger partial charge is 0.297 e. The van der Waals surface area contributed by atoms with E-state index in [2.05, 4.69) is 59.8 Å². The van der Waals surface area contributed by atoms with Crippen molar-refractivity contribution in [1.29, 1.82) is 0 Å². The Hall–Kier alpha value is -2.56. The van der Waals surface area contributed by atoms with Gasteiger partial charge >= 0.3 is 0 Å². The van der Waals surface area contributed by atoms with E-state index >= 15 is 0 Å². The number of halogens is 1. The summed E-state index contributed by atoms with van der Waals surface area (Å²) in [7, 11) is 0. The number of aromatic nitrogens is 1. The first-order valence-corrected chi connectivity index (χ1v) is 10.7. The molecule has 0 radical (unpaired) electrons. The fourth-order valence-corrected chi connectivity index (χ4v) is 4.13. The Kier molecular flexibility index (Phi) is 6.26. The van der Waals surface area contributed by atoms with Crippen molar-refractivity contribution in [1.82, 2.24) is 14.8 Å². The molecule has 3 nitrogen and oxygen atoms in total. The molecule has 2 heterocycles. The maximum Gasteiger partial charge on any atom is 0.123 e. The van der Waals surface area contributed by atoms with Crippen LogP contribution in [0.5, 0.6) is 0 Å². The average Bonchev–Trinajstić information content (AvgIpc) is 2.75. The number of hydrogen-bond donors (Lipinski definition) is 0. The summed E-state index contributed by atoms with van der Waals surface area (Å²) in [6.07, 6.45) is 1.93. The van der Waals surface area contributed by atoms with Gasteiger partial charge in [0.1, 0.15) is 5.82 Å². The molecule has 1 aromatic heterocycles. The maximum absolute atomic E-state index is 13.1. The predicted molar refractivity (Wildman–Crippen MR) is 121 cm³/mol. The second kappa shape index (κ2) is 9.07. The molecule has 3 aromatic rings. The van der Waals surface area contributed by atoms with Crippen LogP contribution in [0.25, 0.3) is 11.3 Å². The van der Waals surface area contributed by atoms with E-state index in [1.165, 1.54) is 33.4 Å². The van der Waals surface area contributed by atoms with Crippen molar-refractivity contribution in [3.8, 4) is 11.3 Å². The van der Waals surface area contributed by atoms with Gasteiger partial charge in [0, 0.05) is 51.0 Å². The van der Waals surface area contributed by atoms with Gasteiger partial charge in [0.05, 0.1) is 5.69 Å². The SMILES string of the molecule is Cc1cc(-c2cc(CN3CCN(Cc4ccc(F)cc4)CC3)ccn2)cc(C)c1C. The first kappa shape index (κ1) is 20.7. The number of benzene rings is 2. The fourth-order valence-electron chi connectivity index (χ4n) is 4.13. The van der Waals surface area contributed by atoms with E-state index in [9.17, 15) is 4.39 Å². The zero-order chi connectivity index (χ0) is 21.1. The molecular weight excluding hydrogens is 373 g/mol. The molecule has 156 valence electrons. The highest BCUT2D eigenvalue weighted by Gasteiger charge is 2.17. The third-order valence-electron chi connectivity index (χ3n) is 6.24. The normalized spacial score (nSPS) is 15.5. The van der Waals surface area contributed by atoms with Crippen LogP contribution in [0, 0.1) is 26.6 Å². The molecule has 2 aromatic carbocycles. The quantitative estimate of drug-likeness (QED) is 0.589. The number of hydrogen-bond acceptors (Lipinski definition) is 3. The molecule has 0 atom stereocenters. The van der Waals surface area contributed by atoms with Crippen LogP contribution in [0.2, 0.25) is 0 Å². The van der Waals surface area contributed by atoms with Crippen molar-refractivity contribution in [3.05, 3.63) is 88.4 Å². The van der Waals surface area contributed by atoms with E-state index in [0.717, 1.165) is 45.0 Å². The number of piperazine rings is 1. The lowest BCUT2D eigenvalue weighted by Gasteiger charge is -2.34. The van der Waals surface area contributed by atoms with E-state index in [1.807, 2.05) is 18.3 Å². The first-order valence-electron chi connectivity index (χ1n) is 10.7. The summed E-state index contributed by atoms with van der Waals surface area (Å²) in [6.45, 7) is 12.5. The lowest BCUT2D eigenvalue weighted by Crippen LogP contribution is -2.45. The van der Waals surface area contributed by atoms with Crippen molar-refractivity contribution in [2.75, 3.05) is 26.2 Å². The van der Waals surface area contributed by atoms with Crippen LogP contribution in [-0.4, -0.2) is 41.0 Å². The molecule has 0 aliphatic carbocycles. The summed E-state index contributed by atoms with van der Waals surface area (Å²) in [4.78, 5) is 9.58. The monoisotopic (exact) mass is 403 g/mol. The van der Waals surface area contributed by atoms with E-state index < -0.39 is 0 Å². The highest BCUT2D eigenvalue weighted by Crippen LogP contribution is 2.24. The Labute approximate surface area is 179 Å². The highest BCUT2D eigenvalue weighted by atomic mass is 19.1. The van der Waals surface area contributed by atoms with Crippen molar-refractivity contribution in [3.63, 3.8) is 0 Å². The van der Waals surface area contributed by atoms with Gasteiger partial charge in [-0.05, 0) is 85.0 Å². The number of pyridine rings is 1. The lowest BCUT2D eigenvalue weighted by molar-refractivity contribution is 0.122. The van der Waals surface area contributed by atoms with E-state index in [1.54, 1.807) is 12.1 Å². The second-order valence-corrected chi connectivity index (χ2v) is 8.46. The van der Waals surface area contributed by atoms with E-state index in [4.69, 9.17) is 0 Å². The number of rotatable bonds is 5. The van der Waals surface area contributed by atoms with Crippen LogP contribution in [0.3, 0.4) is 0 Å². The van der Waals surface area contributed by atoms with Crippen molar-refractivity contribution in [2.24, 2.45) is 0 Å². The molecule has 0 spiro atoms. The highest BCUT2D eigenvalue weighted by molar-refractivity contribution is 5.63. The minimum atomic E-state index is -0.170. The summed E-state index contributed by atoms with van der Waals surface area (Å²) in [5.74, 6) is -0.170. The van der Waals surface area contributed by atoms with Gasteiger partial charge in [-0.2, -0.15) is 0 Å². The average molecular weight is 404 g/mol. The maximum atomic E-state index is 13.1. The van der Waals surface area contributed by atoms with Crippen molar-refractivity contribution >= 4 is 0 Å². The molecule has 0 amide bonds. The molecule has 4 heteroatoms. The van der Waals surface area contributed by atoms with Gasteiger partial charge in [0.25, 0.3) is 0 Å². The van der Waals surface area contributed by atoms with Crippen LogP contribution in [-0.2, 0) is 13.1 Å². The third kappa shape index (κ3) is 4.94. The Bertz CT molecular complexity index is 982. The van der Waals surface area contributed by atoms with Gasteiger partial charge in [-0.15, -0.1) is 0 Å². The molecule has 0 saturated carbocycles. The summed E-state index contributed by atoms with van der Waals surface area (Å²) in [5.41, 5.74) is 8.71. The standard InChI is InChI=1S/C26H30FN3/c1-19-14-24(15-20(2)21(19)3)26-16-23(8-9-28-26)18-30-12-10-29(11-13-30)17-22-4-6-25(27)7-5-22/h4-9,14-16H,10-13,17-18H2,1-3H3. The van der Waals surface area contributed by atoms with Crippen LogP contribution in [0.4, 0.5) is 4.39 Å². The molecule has 0 unspecified atom stereocenters. The van der Waals surface area contributed by atoms with E-state index in [0.29, 0.717) is 0 Å². The number of aryl methyl sites for hydroxylation is 2. The van der Waals surface area contributed by atoms with Crippen LogP contribution in [0.1, 0.15) is 27.8 Å². The van der Waals surface area contributed by atoms with E-state index in [-0.39, 0.29) is 5.82 Å². The summed E-state index contributed by atoms with van der Waals surface area (Å²) in [5, 5.41) is 0. The Morgan fingerprint density at radius 1 is 0.767 bits per heavy atom. The minimum absolute atomic E-state index is 0.170.